The van der Waals surface area contributed by atoms with Gasteiger partial charge in [0.1, 0.15) is 0 Å². The zero-order chi connectivity index (χ0) is 14.5. The molecule has 0 aromatic heterocycles. The van der Waals surface area contributed by atoms with Crippen LogP contribution in [0.25, 0.3) is 0 Å². The van der Waals surface area contributed by atoms with Crippen LogP contribution in [-0.4, -0.2) is 34.5 Å². The summed E-state index contributed by atoms with van der Waals surface area (Å²) in [6.07, 6.45) is 9.85. The van der Waals surface area contributed by atoms with E-state index in [9.17, 15) is 15.0 Å². The fourth-order valence-electron chi connectivity index (χ4n) is 3.10. The van der Waals surface area contributed by atoms with E-state index in [1.807, 2.05) is 13.0 Å². The van der Waals surface area contributed by atoms with Crippen LogP contribution in [0, 0.1) is 11.8 Å². The topological polar surface area (TPSA) is 66.8 Å². The monoisotopic (exact) mass is 280 g/mol. The average Bonchev–Trinajstić information content (AvgIpc) is 2.76. The molecule has 1 heterocycles. The molecular formula is C16H24O4. The molecule has 2 aliphatic rings. The highest BCUT2D eigenvalue weighted by atomic mass is 16.5. The predicted octanol–water partition coefficient (Wildman–Crippen LogP) is 1.96. The Balaban J connectivity index is 2.12. The second kappa shape index (κ2) is 7.04. The molecule has 0 spiro atoms. The van der Waals surface area contributed by atoms with Gasteiger partial charge in [0.15, 0.2) is 0 Å². The molecule has 1 aliphatic heterocycles. The van der Waals surface area contributed by atoms with Crippen LogP contribution in [0.3, 0.4) is 0 Å². The first kappa shape index (κ1) is 15.3. The number of esters is 1. The minimum atomic E-state index is -0.717. The molecule has 4 nitrogen and oxygen atoms in total. The van der Waals surface area contributed by atoms with Crippen molar-refractivity contribution in [1.29, 1.82) is 0 Å². The molecule has 1 aliphatic carbocycles. The molecule has 0 aromatic rings. The van der Waals surface area contributed by atoms with Gasteiger partial charge in [-0.05, 0) is 51.0 Å². The molecule has 2 N–H and O–H groups in total. The minimum Gasteiger partial charge on any atom is -0.460 e. The van der Waals surface area contributed by atoms with Gasteiger partial charge in [-0.1, -0.05) is 12.2 Å². The van der Waals surface area contributed by atoms with Gasteiger partial charge < -0.3 is 14.9 Å². The van der Waals surface area contributed by atoms with Crippen molar-refractivity contribution in [2.45, 2.75) is 57.3 Å². The number of aliphatic hydroxyl groups excluding tert-OH is 2. The van der Waals surface area contributed by atoms with E-state index in [-0.39, 0.29) is 17.9 Å². The normalized spacial score (nSPS) is 42.5. The number of hydrogen-bond donors (Lipinski definition) is 2. The maximum Gasteiger partial charge on any atom is 0.330 e. The Hall–Kier alpha value is -1.13. The van der Waals surface area contributed by atoms with Crippen molar-refractivity contribution in [2.24, 2.45) is 11.8 Å². The Morgan fingerprint density at radius 2 is 2.00 bits per heavy atom. The number of aliphatic hydroxyl groups is 2. The number of carbonyl (C=O) groups is 1. The minimum absolute atomic E-state index is 0.0242. The molecular weight excluding hydrogens is 256 g/mol. The summed E-state index contributed by atoms with van der Waals surface area (Å²) in [6.45, 7) is 1.88. The van der Waals surface area contributed by atoms with Crippen molar-refractivity contribution in [2.75, 3.05) is 0 Å². The molecule has 1 saturated carbocycles. The van der Waals surface area contributed by atoms with Gasteiger partial charge in [-0.25, -0.2) is 4.79 Å². The van der Waals surface area contributed by atoms with E-state index in [1.54, 1.807) is 0 Å². The van der Waals surface area contributed by atoms with Gasteiger partial charge in [-0.3, -0.25) is 0 Å². The molecule has 4 heteroatoms. The third-order valence-corrected chi connectivity index (χ3v) is 4.26. The Labute approximate surface area is 120 Å². The quantitative estimate of drug-likeness (QED) is 0.526. The summed E-state index contributed by atoms with van der Waals surface area (Å²) in [7, 11) is 0. The lowest BCUT2D eigenvalue weighted by molar-refractivity contribution is -0.142. The molecule has 0 radical (unpaired) electrons. The largest absolute Gasteiger partial charge is 0.460 e. The fourth-order valence-corrected chi connectivity index (χ4v) is 3.10. The summed E-state index contributed by atoms with van der Waals surface area (Å²) >= 11 is 0. The van der Waals surface area contributed by atoms with Gasteiger partial charge in [-0.15, -0.1) is 0 Å². The molecule has 0 saturated heterocycles. The van der Waals surface area contributed by atoms with Crippen LogP contribution in [0.5, 0.6) is 0 Å². The Bertz CT molecular complexity index is 388. The van der Waals surface area contributed by atoms with Crippen molar-refractivity contribution in [3.63, 3.8) is 0 Å². The predicted molar refractivity (Wildman–Crippen MR) is 75.9 cm³/mol. The number of rotatable bonds is 0. The third kappa shape index (κ3) is 3.93. The number of hydrogen-bond acceptors (Lipinski definition) is 4. The Kier molecular flexibility index (Phi) is 5.38. The highest BCUT2D eigenvalue weighted by Gasteiger charge is 2.36. The number of carbonyl (C=O) groups excluding carboxylic acids is 1. The molecule has 0 aromatic carbocycles. The van der Waals surface area contributed by atoms with E-state index >= 15 is 0 Å². The van der Waals surface area contributed by atoms with Crippen LogP contribution in [-0.2, 0) is 9.53 Å². The maximum atomic E-state index is 11.6. The van der Waals surface area contributed by atoms with Crippen molar-refractivity contribution in [3.05, 3.63) is 24.3 Å². The van der Waals surface area contributed by atoms with Crippen molar-refractivity contribution in [3.8, 4) is 0 Å². The second-order valence-electron chi connectivity index (χ2n) is 5.84. The summed E-state index contributed by atoms with van der Waals surface area (Å²) in [6, 6.07) is 0. The standard InChI is InChI=1S/C16H24O4/c1-11-5-3-2-4-6-12-13(7-8-14(12)17)15(18)9-10-16(19)20-11/h4,6,9-15,17-18H,2-3,5,7-8H2,1H3/b6-4+,10-9+/t11-,12+,13-,14-,15+/m1/s1. The van der Waals surface area contributed by atoms with Crippen LogP contribution < -0.4 is 0 Å². The van der Waals surface area contributed by atoms with E-state index in [4.69, 9.17) is 4.74 Å². The molecule has 112 valence electrons. The first-order valence-electron chi connectivity index (χ1n) is 7.49. The SMILES string of the molecule is C[C@@H]1CCC/C=C/[C@H]2[C@@H](CC[C@H]2O)[C@@H](O)/C=C/C(=O)O1. The maximum absolute atomic E-state index is 11.6. The highest BCUT2D eigenvalue weighted by molar-refractivity contribution is 5.82. The number of cyclic esters (lactones) is 1. The summed E-state index contributed by atoms with van der Waals surface area (Å²) in [5.74, 6) is -0.453. The molecule has 0 unspecified atom stereocenters. The first-order valence-corrected chi connectivity index (χ1v) is 7.49. The first-order chi connectivity index (χ1) is 9.58. The summed E-state index contributed by atoms with van der Waals surface area (Å²) in [4.78, 5) is 11.6. The third-order valence-electron chi connectivity index (χ3n) is 4.26. The van der Waals surface area contributed by atoms with E-state index in [0.717, 1.165) is 25.7 Å². The van der Waals surface area contributed by atoms with Crippen molar-refractivity contribution >= 4 is 5.97 Å². The van der Waals surface area contributed by atoms with Gasteiger partial charge in [-0.2, -0.15) is 0 Å². The van der Waals surface area contributed by atoms with Crippen LogP contribution >= 0.6 is 0 Å². The molecule has 20 heavy (non-hydrogen) atoms. The van der Waals surface area contributed by atoms with Gasteiger partial charge in [0.2, 0.25) is 0 Å². The Morgan fingerprint density at radius 1 is 1.20 bits per heavy atom. The molecule has 5 atom stereocenters. The molecule has 0 amide bonds. The summed E-state index contributed by atoms with van der Waals surface area (Å²) in [5.41, 5.74) is 0. The lowest BCUT2D eigenvalue weighted by Crippen LogP contribution is -2.26. The fraction of sp³-hybridized carbons (Fsp3) is 0.688. The summed E-state index contributed by atoms with van der Waals surface area (Å²) in [5, 5.41) is 20.2. The van der Waals surface area contributed by atoms with Crippen LogP contribution in [0.15, 0.2) is 24.3 Å². The number of allylic oxidation sites excluding steroid dienone is 1. The average molecular weight is 280 g/mol. The molecule has 0 bridgehead atoms. The Morgan fingerprint density at radius 3 is 2.80 bits per heavy atom. The second-order valence-corrected chi connectivity index (χ2v) is 5.84. The number of ether oxygens (including phenoxy) is 1. The van der Waals surface area contributed by atoms with Crippen LogP contribution in [0.1, 0.15) is 39.0 Å². The van der Waals surface area contributed by atoms with Gasteiger partial charge in [0.05, 0.1) is 18.3 Å². The summed E-state index contributed by atoms with van der Waals surface area (Å²) < 4.78 is 5.23. The van der Waals surface area contributed by atoms with Crippen LogP contribution in [0.4, 0.5) is 0 Å². The van der Waals surface area contributed by atoms with Gasteiger partial charge >= 0.3 is 5.97 Å². The highest BCUT2D eigenvalue weighted by Crippen LogP contribution is 2.36. The smallest absolute Gasteiger partial charge is 0.330 e. The molecule has 2 rings (SSSR count). The van der Waals surface area contributed by atoms with Gasteiger partial charge in [0, 0.05) is 12.0 Å². The van der Waals surface area contributed by atoms with Gasteiger partial charge in [0.25, 0.3) is 0 Å². The zero-order valence-corrected chi connectivity index (χ0v) is 11.9. The van der Waals surface area contributed by atoms with E-state index in [1.165, 1.54) is 12.2 Å². The number of fused-ring (bicyclic) bond motifs is 1. The lowest BCUT2D eigenvalue weighted by Gasteiger charge is -2.21. The van der Waals surface area contributed by atoms with Crippen LogP contribution in [0.2, 0.25) is 0 Å². The van der Waals surface area contributed by atoms with Crippen molar-refractivity contribution in [1.82, 2.24) is 0 Å². The van der Waals surface area contributed by atoms with E-state index < -0.39 is 18.2 Å². The van der Waals surface area contributed by atoms with E-state index in [2.05, 4.69) is 6.08 Å². The van der Waals surface area contributed by atoms with Crippen molar-refractivity contribution < 1.29 is 19.7 Å². The lowest BCUT2D eigenvalue weighted by atomic mass is 9.89. The molecule has 1 fully saturated rings. The van der Waals surface area contributed by atoms with E-state index in [0.29, 0.717) is 6.42 Å². The zero-order valence-electron chi connectivity index (χ0n) is 11.9.